The van der Waals surface area contributed by atoms with E-state index < -0.39 is 0 Å². The Labute approximate surface area is 97.2 Å². The Kier molecular flexibility index (Phi) is 4.22. The first-order valence-corrected chi connectivity index (χ1v) is 6.17. The van der Waals surface area contributed by atoms with E-state index >= 15 is 0 Å². The smallest absolute Gasteiger partial charge is 0.191 e. The molecule has 1 fully saturated rings. The Morgan fingerprint density at radius 1 is 1.44 bits per heavy atom. The van der Waals surface area contributed by atoms with Gasteiger partial charge in [-0.15, -0.1) is 0 Å². The summed E-state index contributed by atoms with van der Waals surface area (Å²) in [7, 11) is 0. The molecule has 4 nitrogen and oxygen atoms in total. The van der Waals surface area contributed by atoms with E-state index in [1.807, 2.05) is 0 Å². The van der Waals surface area contributed by atoms with Gasteiger partial charge in [-0.1, -0.05) is 11.6 Å². The maximum Gasteiger partial charge on any atom is 0.191 e. The zero-order valence-corrected chi connectivity index (χ0v) is 9.82. The van der Waals surface area contributed by atoms with Crippen LogP contribution >= 0.6 is 0 Å². The number of aliphatic imine (C=N–C) groups is 1. The largest absolute Gasteiger partial charge is 0.378 e. The van der Waals surface area contributed by atoms with E-state index in [2.05, 4.69) is 16.0 Å². The van der Waals surface area contributed by atoms with Gasteiger partial charge in [0.05, 0.1) is 13.2 Å². The Hall–Kier alpha value is -1.03. The van der Waals surface area contributed by atoms with Gasteiger partial charge in [-0.25, -0.2) is 0 Å². The van der Waals surface area contributed by atoms with Crippen molar-refractivity contribution in [3.8, 4) is 0 Å². The number of guanidine groups is 1. The van der Waals surface area contributed by atoms with Crippen molar-refractivity contribution in [2.45, 2.75) is 25.7 Å². The SMILES string of the molecule is NC(=NCCC1=CCCC1)N1CCOCC1. The Morgan fingerprint density at radius 3 is 2.94 bits per heavy atom. The predicted molar refractivity (Wildman–Crippen MR) is 65.4 cm³/mol. The summed E-state index contributed by atoms with van der Waals surface area (Å²) < 4.78 is 5.27. The van der Waals surface area contributed by atoms with Crippen molar-refractivity contribution in [2.24, 2.45) is 10.7 Å². The van der Waals surface area contributed by atoms with Crippen LogP contribution in [0.5, 0.6) is 0 Å². The third kappa shape index (κ3) is 3.23. The zero-order valence-electron chi connectivity index (χ0n) is 9.82. The molecule has 0 spiro atoms. The van der Waals surface area contributed by atoms with Gasteiger partial charge in [-0.2, -0.15) is 0 Å². The normalized spacial score (nSPS) is 22.4. The minimum Gasteiger partial charge on any atom is -0.378 e. The molecular weight excluding hydrogens is 202 g/mol. The molecule has 90 valence electrons. The molecule has 0 atom stereocenters. The lowest BCUT2D eigenvalue weighted by Gasteiger charge is -2.27. The zero-order chi connectivity index (χ0) is 11.2. The van der Waals surface area contributed by atoms with Crippen LogP contribution in [0.25, 0.3) is 0 Å². The summed E-state index contributed by atoms with van der Waals surface area (Å²) >= 11 is 0. The standard InChI is InChI=1S/C12H21N3O/c13-12(15-7-9-16-10-8-15)14-6-5-11-3-1-2-4-11/h3H,1-2,4-10H2,(H2,13,14). The molecule has 2 aliphatic rings. The number of rotatable bonds is 3. The average Bonchev–Trinajstić information content (AvgIpc) is 2.83. The summed E-state index contributed by atoms with van der Waals surface area (Å²) in [6.07, 6.45) is 7.24. The summed E-state index contributed by atoms with van der Waals surface area (Å²) in [6, 6.07) is 0. The van der Waals surface area contributed by atoms with E-state index in [0.717, 1.165) is 39.3 Å². The number of hydrogen-bond donors (Lipinski definition) is 1. The molecule has 16 heavy (non-hydrogen) atoms. The maximum absolute atomic E-state index is 5.93. The summed E-state index contributed by atoms with van der Waals surface area (Å²) in [5.41, 5.74) is 7.49. The average molecular weight is 223 g/mol. The van der Waals surface area contributed by atoms with E-state index in [1.165, 1.54) is 19.3 Å². The van der Waals surface area contributed by atoms with Gasteiger partial charge in [0.1, 0.15) is 0 Å². The van der Waals surface area contributed by atoms with Gasteiger partial charge >= 0.3 is 0 Å². The topological polar surface area (TPSA) is 50.8 Å². The van der Waals surface area contributed by atoms with Crippen molar-refractivity contribution < 1.29 is 4.74 Å². The molecule has 0 unspecified atom stereocenters. The van der Waals surface area contributed by atoms with Crippen LogP contribution in [0.4, 0.5) is 0 Å². The summed E-state index contributed by atoms with van der Waals surface area (Å²) in [6.45, 7) is 4.10. The van der Waals surface area contributed by atoms with Crippen LogP contribution < -0.4 is 5.73 Å². The van der Waals surface area contributed by atoms with Crippen LogP contribution in [0.15, 0.2) is 16.6 Å². The highest BCUT2D eigenvalue weighted by Crippen LogP contribution is 2.20. The first kappa shape index (κ1) is 11.5. The monoisotopic (exact) mass is 223 g/mol. The highest BCUT2D eigenvalue weighted by atomic mass is 16.5. The molecule has 1 saturated heterocycles. The van der Waals surface area contributed by atoms with E-state index in [9.17, 15) is 0 Å². The van der Waals surface area contributed by atoms with Crippen molar-refractivity contribution in [3.63, 3.8) is 0 Å². The second-order valence-corrected chi connectivity index (χ2v) is 4.34. The molecule has 0 saturated carbocycles. The van der Waals surface area contributed by atoms with Crippen LogP contribution in [0.2, 0.25) is 0 Å². The second kappa shape index (κ2) is 5.89. The first-order valence-electron chi connectivity index (χ1n) is 6.17. The molecule has 0 bridgehead atoms. The highest BCUT2D eigenvalue weighted by molar-refractivity contribution is 5.78. The number of morpholine rings is 1. The highest BCUT2D eigenvalue weighted by Gasteiger charge is 2.11. The second-order valence-electron chi connectivity index (χ2n) is 4.34. The van der Waals surface area contributed by atoms with Gasteiger partial charge in [-0.3, -0.25) is 4.99 Å². The fraction of sp³-hybridized carbons (Fsp3) is 0.750. The van der Waals surface area contributed by atoms with Gasteiger partial charge in [-0.05, 0) is 25.7 Å². The molecule has 2 rings (SSSR count). The van der Waals surface area contributed by atoms with Crippen molar-refractivity contribution >= 4 is 5.96 Å². The molecular formula is C12H21N3O. The van der Waals surface area contributed by atoms with E-state index in [0.29, 0.717) is 5.96 Å². The van der Waals surface area contributed by atoms with Crippen LogP contribution in [0.1, 0.15) is 25.7 Å². The molecule has 0 radical (unpaired) electrons. The van der Waals surface area contributed by atoms with Gasteiger partial charge in [0.25, 0.3) is 0 Å². The quantitative estimate of drug-likeness (QED) is 0.443. The van der Waals surface area contributed by atoms with E-state index in [4.69, 9.17) is 10.5 Å². The molecule has 0 amide bonds. The summed E-state index contributed by atoms with van der Waals surface area (Å²) in [5.74, 6) is 0.682. The third-order valence-corrected chi connectivity index (χ3v) is 3.18. The number of nitrogens with zero attached hydrogens (tertiary/aromatic N) is 2. The van der Waals surface area contributed by atoms with Gasteiger partial charge < -0.3 is 15.4 Å². The summed E-state index contributed by atoms with van der Waals surface area (Å²) in [4.78, 5) is 6.54. The fourth-order valence-electron chi connectivity index (χ4n) is 2.17. The lowest BCUT2D eigenvalue weighted by molar-refractivity contribution is 0.0674. The van der Waals surface area contributed by atoms with E-state index in [-0.39, 0.29) is 0 Å². The number of ether oxygens (including phenoxy) is 1. The first-order chi connectivity index (χ1) is 7.86. The van der Waals surface area contributed by atoms with Crippen molar-refractivity contribution in [2.75, 3.05) is 32.8 Å². The molecule has 2 N–H and O–H groups in total. The number of allylic oxidation sites excluding steroid dienone is 1. The van der Waals surface area contributed by atoms with Gasteiger partial charge in [0.15, 0.2) is 5.96 Å². The van der Waals surface area contributed by atoms with Crippen LogP contribution in [-0.2, 0) is 4.74 Å². The van der Waals surface area contributed by atoms with Crippen LogP contribution in [0, 0.1) is 0 Å². The minimum absolute atomic E-state index is 0.682. The Bertz CT molecular complexity index is 280. The van der Waals surface area contributed by atoms with Crippen LogP contribution in [-0.4, -0.2) is 43.7 Å². The number of nitrogens with two attached hydrogens (primary N) is 1. The molecule has 1 aliphatic heterocycles. The van der Waals surface area contributed by atoms with Gasteiger partial charge in [0.2, 0.25) is 0 Å². The van der Waals surface area contributed by atoms with Crippen molar-refractivity contribution in [3.05, 3.63) is 11.6 Å². The maximum atomic E-state index is 5.93. The lowest BCUT2D eigenvalue weighted by atomic mass is 10.2. The molecule has 0 aromatic heterocycles. The summed E-state index contributed by atoms with van der Waals surface area (Å²) in [5, 5.41) is 0. The molecule has 4 heteroatoms. The number of hydrogen-bond acceptors (Lipinski definition) is 2. The minimum atomic E-state index is 0.682. The molecule has 1 heterocycles. The van der Waals surface area contributed by atoms with Crippen LogP contribution in [0.3, 0.4) is 0 Å². The predicted octanol–water partition coefficient (Wildman–Crippen LogP) is 1.13. The van der Waals surface area contributed by atoms with Crippen molar-refractivity contribution in [1.82, 2.24) is 4.90 Å². The van der Waals surface area contributed by atoms with Crippen molar-refractivity contribution in [1.29, 1.82) is 0 Å². The molecule has 0 aromatic rings. The molecule has 0 aromatic carbocycles. The van der Waals surface area contributed by atoms with Gasteiger partial charge in [0, 0.05) is 19.6 Å². The Balaban J connectivity index is 1.72. The molecule has 1 aliphatic carbocycles. The lowest BCUT2D eigenvalue weighted by Crippen LogP contribution is -2.44. The fourth-order valence-corrected chi connectivity index (χ4v) is 2.17. The Morgan fingerprint density at radius 2 is 2.25 bits per heavy atom. The third-order valence-electron chi connectivity index (χ3n) is 3.18. The van der Waals surface area contributed by atoms with E-state index in [1.54, 1.807) is 5.57 Å².